The third kappa shape index (κ3) is 3.37. The van der Waals surface area contributed by atoms with Crippen molar-refractivity contribution in [1.82, 2.24) is 9.97 Å². The topological polar surface area (TPSA) is 64.1 Å². The summed E-state index contributed by atoms with van der Waals surface area (Å²) in [6.07, 6.45) is 1.48. The number of ether oxygens (including phenoxy) is 1. The van der Waals surface area contributed by atoms with Crippen molar-refractivity contribution in [3.05, 3.63) is 11.9 Å². The fourth-order valence-corrected chi connectivity index (χ4v) is 1.93. The van der Waals surface area contributed by atoms with Crippen molar-refractivity contribution >= 4 is 23.5 Å². The maximum atomic E-state index is 11.2. The van der Waals surface area contributed by atoms with Crippen LogP contribution in [0.3, 0.4) is 0 Å². The molecular formula is C10H15N3O2S. The van der Waals surface area contributed by atoms with E-state index in [4.69, 9.17) is 4.74 Å². The maximum absolute atomic E-state index is 11.2. The van der Waals surface area contributed by atoms with Gasteiger partial charge in [-0.25, -0.2) is 9.97 Å². The number of thioether (sulfide) groups is 1. The maximum Gasteiger partial charge on any atom is 0.316 e. The van der Waals surface area contributed by atoms with E-state index >= 15 is 0 Å². The van der Waals surface area contributed by atoms with Crippen molar-refractivity contribution in [3.8, 4) is 0 Å². The summed E-state index contributed by atoms with van der Waals surface area (Å²) < 4.78 is 4.84. The summed E-state index contributed by atoms with van der Waals surface area (Å²) in [6, 6.07) is 0. The van der Waals surface area contributed by atoms with Gasteiger partial charge < -0.3 is 10.1 Å². The number of hydrogen-bond acceptors (Lipinski definition) is 6. The molecule has 1 aromatic rings. The molecule has 5 nitrogen and oxygen atoms in total. The zero-order chi connectivity index (χ0) is 12.0. The van der Waals surface area contributed by atoms with Gasteiger partial charge in [0.15, 0.2) is 0 Å². The van der Waals surface area contributed by atoms with Gasteiger partial charge in [0.05, 0.1) is 12.4 Å². The number of rotatable bonds is 5. The standard InChI is InChI=1S/C10H15N3O2S/c1-4-15-8(14)5-16-10-7(2)9(11-3)12-6-13-10/h6H,4-5H2,1-3H3,(H,11,12,13). The lowest BCUT2D eigenvalue weighted by molar-refractivity contribution is -0.139. The van der Waals surface area contributed by atoms with Crippen molar-refractivity contribution in [3.63, 3.8) is 0 Å². The zero-order valence-electron chi connectivity index (χ0n) is 9.61. The second-order valence-corrected chi connectivity index (χ2v) is 3.96. The Morgan fingerprint density at radius 3 is 2.94 bits per heavy atom. The van der Waals surface area contributed by atoms with Crippen LogP contribution in [0.2, 0.25) is 0 Å². The Morgan fingerprint density at radius 1 is 1.56 bits per heavy atom. The SMILES string of the molecule is CCOC(=O)CSc1ncnc(NC)c1C. The Balaban J connectivity index is 2.63. The zero-order valence-corrected chi connectivity index (χ0v) is 10.4. The lowest BCUT2D eigenvalue weighted by Gasteiger charge is -2.07. The van der Waals surface area contributed by atoms with E-state index in [0.29, 0.717) is 6.61 Å². The van der Waals surface area contributed by atoms with E-state index in [-0.39, 0.29) is 11.7 Å². The first-order valence-corrected chi connectivity index (χ1v) is 5.95. The van der Waals surface area contributed by atoms with Gasteiger partial charge in [0, 0.05) is 12.6 Å². The van der Waals surface area contributed by atoms with Gasteiger partial charge >= 0.3 is 5.97 Å². The molecule has 1 rings (SSSR count). The molecule has 0 aromatic carbocycles. The molecule has 1 N–H and O–H groups in total. The molecule has 0 unspecified atom stereocenters. The molecule has 0 saturated carbocycles. The van der Waals surface area contributed by atoms with Gasteiger partial charge in [-0.1, -0.05) is 11.8 Å². The summed E-state index contributed by atoms with van der Waals surface area (Å²) in [6.45, 7) is 4.11. The first-order valence-electron chi connectivity index (χ1n) is 4.96. The number of nitrogens with one attached hydrogen (secondary N) is 1. The number of nitrogens with zero attached hydrogens (tertiary/aromatic N) is 2. The molecule has 1 aromatic heterocycles. The van der Waals surface area contributed by atoms with Crippen LogP contribution in [-0.2, 0) is 9.53 Å². The number of carbonyl (C=O) groups is 1. The van der Waals surface area contributed by atoms with Crippen LogP contribution in [0.5, 0.6) is 0 Å². The molecule has 0 aliphatic heterocycles. The van der Waals surface area contributed by atoms with E-state index in [2.05, 4.69) is 15.3 Å². The Labute approximate surface area is 99.0 Å². The summed E-state index contributed by atoms with van der Waals surface area (Å²) in [7, 11) is 1.80. The van der Waals surface area contributed by atoms with Gasteiger partial charge in [0.25, 0.3) is 0 Å². The van der Waals surface area contributed by atoms with Crippen molar-refractivity contribution in [2.24, 2.45) is 0 Å². The number of aromatic nitrogens is 2. The molecule has 0 atom stereocenters. The molecule has 0 aliphatic rings. The second kappa shape index (κ2) is 6.32. The molecule has 0 aliphatic carbocycles. The monoisotopic (exact) mass is 241 g/mol. The molecule has 0 spiro atoms. The number of esters is 1. The summed E-state index contributed by atoms with van der Waals surface area (Å²) in [5.41, 5.74) is 0.944. The Morgan fingerprint density at radius 2 is 2.31 bits per heavy atom. The predicted octanol–water partition coefficient (Wildman–Crippen LogP) is 1.48. The number of anilines is 1. The summed E-state index contributed by atoms with van der Waals surface area (Å²) >= 11 is 1.36. The van der Waals surface area contributed by atoms with Gasteiger partial charge in [-0.15, -0.1) is 0 Å². The molecule has 16 heavy (non-hydrogen) atoms. The van der Waals surface area contributed by atoms with Gasteiger partial charge in [0.1, 0.15) is 17.2 Å². The summed E-state index contributed by atoms with van der Waals surface area (Å²) in [4.78, 5) is 19.4. The minimum atomic E-state index is -0.225. The molecule has 6 heteroatoms. The third-order valence-corrected chi connectivity index (χ3v) is 2.97. The summed E-state index contributed by atoms with van der Waals surface area (Å²) in [5.74, 6) is 0.826. The minimum absolute atomic E-state index is 0.225. The van der Waals surface area contributed by atoms with Crippen molar-refractivity contribution < 1.29 is 9.53 Å². The Bertz CT molecular complexity index is 371. The number of hydrogen-bond donors (Lipinski definition) is 1. The average molecular weight is 241 g/mol. The van der Waals surface area contributed by atoms with Gasteiger partial charge in [-0.2, -0.15) is 0 Å². The largest absolute Gasteiger partial charge is 0.465 e. The van der Waals surface area contributed by atoms with Crippen LogP contribution in [-0.4, -0.2) is 35.3 Å². The highest BCUT2D eigenvalue weighted by Crippen LogP contribution is 2.23. The van der Waals surface area contributed by atoms with Crippen LogP contribution in [0.1, 0.15) is 12.5 Å². The molecule has 0 bridgehead atoms. The number of carbonyl (C=O) groups excluding carboxylic acids is 1. The van der Waals surface area contributed by atoms with Crippen LogP contribution >= 0.6 is 11.8 Å². The highest BCUT2D eigenvalue weighted by Gasteiger charge is 2.09. The highest BCUT2D eigenvalue weighted by molar-refractivity contribution is 7.99. The molecule has 88 valence electrons. The normalized spacial score (nSPS) is 9.94. The minimum Gasteiger partial charge on any atom is -0.465 e. The van der Waals surface area contributed by atoms with E-state index in [1.165, 1.54) is 18.1 Å². The van der Waals surface area contributed by atoms with Crippen LogP contribution in [0.25, 0.3) is 0 Å². The third-order valence-electron chi connectivity index (χ3n) is 1.91. The first kappa shape index (κ1) is 12.8. The van der Waals surface area contributed by atoms with Crippen LogP contribution in [0, 0.1) is 6.92 Å². The smallest absolute Gasteiger partial charge is 0.316 e. The quantitative estimate of drug-likeness (QED) is 0.478. The van der Waals surface area contributed by atoms with E-state index in [1.807, 2.05) is 6.92 Å². The Hall–Kier alpha value is -1.30. The predicted molar refractivity (Wildman–Crippen MR) is 63.7 cm³/mol. The average Bonchev–Trinajstić information content (AvgIpc) is 2.28. The Kier molecular flexibility index (Phi) is 5.04. The van der Waals surface area contributed by atoms with Gasteiger partial charge in [-0.3, -0.25) is 4.79 Å². The van der Waals surface area contributed by atoms with E-state index in [0.717, 1.165) is 16.4 Å². The van der Waals surface area contributed by atoms with Crippen LogP contribution < -0.4 is 5.32 Å². The molecule has 0 radical (unpaired) electrons. The lowest BCUT2D eigenvalue weighted by Crippen LogP contribution is -2.07. The van der Waals surface area contributed by atoms with E-state index < -0.39 is 0 Å². The van der Waals surface area contributed by atoms with Crippen molar-refractivity contribution in [1.29, 1.82) is 0 Å². The van der Waals surface area contributed by atoms with Crippen LogP contribution in [0.15, 0.2) is 11.4 Å². The molecular weight excluding hydrogens is 226 g/mol. The van der Waals surface area contributed by atoms with Crippen LogP contribution in [0.4, 0.5) is 5.82 Å². The van der Waals surface area contributed by atoms with E-state index in [1.54, 1.807) is 14.0 Å². The molecule has 0 amide bonds. The highest BCUT2D eigenvalue weighted by atomic mass is 32.2. The molecule has 0 saturated heterocycles. The van der Waals surface area contributed by atoms with Crippen molar-refractivity contribution in [2.75, 3.05) is 24.7 Å². The fraction of sp³-hybridized carbons (Fsp3) is 0.500. The summed E-state index contributed by atoms with van der Waals surface area (Å²) in [5, 5.41) is 3.77. The molecule has 1 heterocycles. The second-order valence-electron chi connectivity index (χ2n) is 3.00. The van der Waals surface area contributed by atoms with Gasteiger partial charge in [0.2, 0.25) is 0 Å². The fourth-order valence-electron chi connectivity index (χ4n) is 1.16. The molecule has 0 fully saturated rings. The lowest BCUT2D eigenvalue weighted by atomic mass is 10.3. The van der Waals surface area contributed by atoms with Gasteiger partial charge in [-0.05, 0) is 13.8 Å². The first-order chi connectivity index (χ1) is 7.69. The van der Waals surface area contributed by atoms with Crippen molar-refractivity contribution in [2.45, 2.75) is 18.9 Å². The van der Waals surface area contributed by atoms with E-state index in [9.17, 15) is 4.79 Å².